The van der Waals surface area contributed by atoms with Crippen molar-refractivity contribution in [2.75, 3.05) is 0 Å². The molecule has 0 aliphatic rings. The Labute approximate surface area is 225 Å². The van der Waals surface area contributed by atoms with E-state index in [9.17, 15) is 14.0 Å². The topological polar surface area (TPSA) is 88.4 Å². The summed E-state index contributed by atoms with van der Waals surface area (Å²) in [5, 5.41) is 13.5. The lowest BCUT2D eigenvalue weighted by atomic mass is 10.0. The maximum atomic E-state index is 13.5. The summed E-state index contributed by atoms with van der Waals surface area (Å²) in [6.45, 7) is 1.60. The van der Waals surface area contributed by atoms with Crippen molar-refractivity contribution in [2.45, 2.75) is 19.4 Å². The number of para-hydroxylation sites is 1. The highest BCUT2D eigenvalue weighted by Gasteiger charge is 2.17. The molecule has 4 aromatic carbocycles. The molecule has 0 aliphatic heterocycles. The second kappa shape index (κ2) is 11.5. The number of benzene rings is 4. The van der Waals surface area contributed by atoms with Gasteiger partial charge >= 0.3 is 0 Å². The van der Waals surface area contributed by atoms with Crippen molar-refractivity contribution in [3.05, 3.63) is 120 Å². The highest BCUT2D eigenvalue weighted by molar-refractivity contribution is 5.93. The molecule has 8 heteroatoms. The van der Waals surface area contributed by atoms with E-state index < -0.39 is 11.9 Å². The van der Waals surface area contributed by atoms with Crippen LogP contribution in [0.2, 0.25) is 0 Å². The van der Waals surface area contributed by atoms with Crippen molar-refractivity contribution in [3.8, 4) is 16.9 Å². The van der Waals surface area contributed by atoms with Crippen molar-refractivity contribution in [2.24, 2.45) is 5.10 Å². The van der Waals surface area contributed by atoms with Gasteiger partial charge in [-0.15, -0.1) is 0 Å². The van der Waals surface area contributed by atoms with Crippen LogP contribution >= 0.6 is 0 Å². The predicted molar refractivity (Wildman–Crippen MR) is 150 cm³/mol. The molecule has 39 heavy (non-hydrogen) atoms. The molecule has 2 N–H and O–H groups in total. The monoisotopic (exact) mass is 519 g/mol. The van der Waals surface area contributed by atoms with Gasteiger partial charge in [0.15, 0.2) is 0 Å². The Bertz CT molecular complexity index is 1640. The second-order valence-corrected chi connectivity index (χ2v) is 9.06. The Morgan fingerprint density at radius 1 is 0.949 bits per heavy atom. The summed E-state index contributed by atoms with van der Waals surface area (Å²) in [5.41, 5.74) is 6.12. The summed E-state index contributed by atoms with van der Waals surface area (Å²) in [6.07, 6.45) is 3.41. The van der Waals surface area contributed by atoms with Crippen LogP contribution in [0.15, 0.2) is 108 Å². The normalized spacial score (nSPS) is 11.9. The van der Waals surface area contributed by atoms with Crippen LogP contribution in [0.1, 0.15) is 18.1 Å². The molecule has 2 amide bonds. The van der Waals surface area contributed by atoms with E-state index in [1.165, 1.54) is 18.3 Å². The summed E-state index contributed by atoms with van der Waals surface area (Å²) >= 11 is 0. The number of fused-ring (bicyclic) bond motifs is 1. The number of carbonyl (C=O) groups is 2. The molecule has 0 saturated carbocycles. The van der Waals surface area contributed by atoms with Crippen molar-refractivity contribution >= 4 is 28.8 Å². The fourth-order valence-corrected chi connectivity index (χ4v) is 4.27. The molecule has 0 bridgehead atoms. The Kier molecular flexibility index (Phi) is 7.54. The van der Waals surface area contributed by atoms with E-state index in [1.54, 1.807) is 29.9 Å². The Hall–Kier alpha value is -5.11. The highest BCUT2D eigenvalue weighted by Crippen LogP contribution is 2.23. The summed E-state index contributed by atoms with van der Waals surface area (Å²) in [4.78, 5) is 25.3. The van der Waals surface area contributed by atoms with E-state index in [0.717, 1.165) is 22.0 Å². The fraction of sp³-hybridized carbons (Fsp3) is 0.0968. The number of carbonyl (C=O) groups excluding carboxylic acids is 2. The minimum atomic E-state index is -0.798. The van der Waals surface area contributed by atoms with Crippen molar-refractivity contribution in [1.82, 2.24) is 20.5 Å². The summed E-state index contributed by atoms with van der Waals surface area (Å²) < 4.78 is 15.2. The number of nitrogens with one attached hydrogen (secondary N) is 2. The zero-order valence-electron chi connectivity index (χ0n) is 21.2. The molecule has 1 aromatic heterocycles. The van der Waals surface area contributed by atoms with Gasteiger partial charge in [0.25, 0.3) is 5.91 Å². The maximum Gasteiger partial charge on any atom is 0.262 e. The molecular formula is C31H26FN5O2. The van der Waals surface area contributed by atoms with Crippen LogP contribution < -0.4 is 10.7 Å². The van der Waals surface area contributed by atoms with Gasteiger partial charge in [0.1, 0.15) is 17.6 Å². The largest absolute Gasteiger partial charge is 0.344 e. The molecule has 194 valence electrons. The highest BCUT2D eigenvalue weighted by atomic mass is 19.1. The third-order valence-corrected chi connectivity index (χ3v) is 6.26. The van der Waals surface area contributed by atoms with Crippen LogP contribution in [0.3, 0.4) is 0 Å². The van der Waals surface area contributed by atoms with Crippen LogP contribution in [0.5, 0.6) is 0 Å². The number of hydrogen-bond donors (Lipinski definition) is 2. The number of hydrazone groups is 1. The third-order valence-electron chi connectivity index (χ3n) is 6.26. The lowest BCUT2D eigenvalue weighted by Crippen LogP contribution is -2.43. The average Bonchev–Trinajstić information content (AvgIpc) is 3.38. The second-order valence-electron chi connectivity index (χ2n) is 9.06. The van der Waals surface area contributed by atoms with Crippen LogP contribution in [0.4, 0.5) is 4.39 Å². The van der Waals surface area contributed by atoms with Crippen molar-refractivity contribution in [3.63, 3.8) is 0 Å². The minimum absolute atomic E-state index is 0.155. The zero-order chi connectivity index (χ0) is 27.2. The first-order valence-corrected chi connectivity index (χ1v) is 12.5. The summed E-state index contributed by atoms with van der Waals surface area (Å²) in [6, 6.07) is 28.4. The van der Waals surface area contributed by atoms with Crippen LogP contribution in [0.25, 0.3) is 27.7 Å². The van der Waals surface area contributed by atoms with Gasteiger partial charge < -0.3 is 5.32 Å². The van der Waals surface area contributed by atoms with E-state index in [0.29, 0.717) is 16.8 Å². The van der Waals surface area contributed by atoms with Gasteiger partial charge in [-0.05, 0) is 59.7 Å². The molecular weight excluding hydrogens is 493 g/mol. The Balaban J connectivity index is 1.26. The van der Waals surface area contributed by atoms with Gasteiger partial charge in [-0.3, -0.25) is 9.59 Å². The van der Waals surface area contributed by atoms with Crippen LogP contribution in [-0.4, -0.2) is 33.9 Å². The Morgan fingerprint density at radius 2 is 1.67 bits per heavy atom. The molecule has 0 unspecified atom stereocenters. The van der Waals surface area contributed by atoms with Gasteiger partial charge in [-0.25, -0.2) is 14.5 Å². The average molecular weight is 520 g/mol. The first-order valence-electron chi connectivity index (χ1n) is 12.5. The van der Waals surface area contributed by atoms with Gasteiger partial charge in [0.2, 0.25) is 5.91 Å². The molecule has 0 aliphatic carbocycles. The standard InChI is InChI=1S/C31H26FN5O2/c1-21(34-29(38)18-24-10-7-9-22-8-5-6-13-28(22)24)31(39)35-33-19-25-20-37(27-11-3-2-4-12-27)36-30(25)23-14-16-26(32)17-15-23/h2-17,19-21H,18H2,1H3,(H,34,38)(H,35,39)/b33-19-/t21-/m1/s1. The molecule has 0 radical (unpaired) electrons. The quantitative estimate of drug-likeness (QED) is 0.223. The number of nitrogens with zero attached hydrogens (tertiary/aromatic N) is 3. The van der Waals surface area contributed by atoms with Crippen molar-refractivity contribution in [1.29, 1.82) is 0 Å². The smallest absolute Gasteiger partial charge is 0.262 e. The lowest BCUT2D eigenvalue weighted by molar-refractivity contribution is -0.128. The van der Waals surface area contributed by atoms with E-state index in [4.69, 9.17) is 0 Å². The number of rotatable bonds is 8. The first-order chi connectivity index (χ1) is 19.0. The van der Waals surface area contributed by atoms with E-state index in [2.05, 4.69) is 20.9 Å². The lowest BCUT2D eigenvalue weighted by Gasteiger charge is -2.13. The number of aromatic nitrogens is 2. The van der Waals surface area contributed by atoms with Gasteiger partial charge in [0.05, 0.1) is 18.3 Å². The van der Waals surface area contributed by atoms with Crippen molar-refractivity contribution < 1.29 is 14.0 Å². The van der Waals surface area contributed by atoms with E-state index >= 15 is 0 Å². The molecule has 1 heterocycles. The number of amides is 2. The minimum Gasteiger partial charge on any atom is -0.344 e. The van der Waals surface area contributed by atoms with Gasteiger partial charge in [-0.2, -0.15) is 10.2 Å². The number of halogens is 1. The van der Waals surface area contributed by atoms with Gasteiger partial charge in [0, 0.05) is 17.3 Å². The molecule has 0 spiro atoms. The van der Waals surface area contributed by atoms with Gasteiger partial charge in [-0.1, -0.05) is 60.7 Å². The first kappa shape index (κ1) is 25.5. The summed E-state index contributed by atoms with van der Waals surface area (Å²) in [5.74, 6) is -1.07. The predicted octanol–water partition coefficient (Wildman–Crippen LogP) is 5.03. The number of hydrogen-bond acceptors (Lipinski definition) is 4. The van der Waals surface area contributed by atoms with Crippen LogP contribution in [0, 0.1) is 5.82 Å². The third kappa shape index (κ3) is 6.07. The maximum absolute atomic E-state index is 13.5. The fourth-order valence-electron chi connectivity index (χ4n) is 4.27. The van der Waals surface area contributed by atoms with Crippen LogP contribution in [-0.2, 0) is 16.0 Å². The SMILES string of the molecule is C[C@@H](NC(=O)Cc1cccc2ccccc12)C(=O)N/N=C\c1cn(-c2ccccc2)nc1-c1ccc(F)cc1. The summed E-state index contributed by atoms with van der Waals surface area (Å²) in [7, 11) is 0. The zero-order valence-corrected chi connectivity index (χ0v) is 21.2. The molecule has 7 nitrogen and oxygen atoms in total. The molecule has 0 fully saturated rings. The van der Waals surface area contributed by atoms with E-state index in [-0.39, 0.29) is 18.1 Å². The molecule has 5 aromatic rings. The Morgan fingerprint density at radius 3 is 2.46 bits per heavy atom. The molecule has 5 rings (SSSR count). The molecule has 1 atom stereocenters. The van der Waals surface area contributed by atoms with E-state index in [1.807, 2.05) is 72.8 Å². The molecule has 0 saturated heterocycles.